The lowest BCUT2D eigenvalue weighted by Gasteiger charge is -2.10. The van der Waals surface area contributed by atoms with Gasteiger partial charge in [-0.2, -0.15) is 0 Å². The largest absolute Gasteiger partial charge is 0.496 e. The maximum absolute atomic E-state index is 11.6. The third kappa shape index (κ3) is 5.96. The first-order valence-corrected chi connectivity index (χ1v) is 5.82. The van der Waals surface area contributed by atoms with E-state index in [1.807, 2.05) is 6.92 Å². The number of carboxylic acids is 1. The molecule has 1 rings (SSSR count). The van der Waals surface area contributed by atoms with Crippen molar-refractivity contribution in [1.29, 1.82) is 0 Å². The zero-order valence-corrected chi connectivity index (χ0v) is 11.7. The number of nitrogens with one attached hydrogen (secondary N) is 1. The summed E-state index contributed by atoms with van der Waals surface area (Å²) < 4.78 is 5.05. The number of nitrogens with two attached hydrogens (primary N) is 1. The molecular formula is C12H17ClN2O4. The normalized spacial score (nSPS) is 9.05. The SMILES string of the molecule is CC(=O)O.CCNC(=O)c1cc(Cl)c(N)cc1OC. The summed E-state index contributed by atoms with van der Waals surface area (Å²) in [6.07, 6.45) is 0. The van der Waals surface area contributed by atoms with Crippen LogP contribution in [0.15, 0.2) is 12.1 Å². The lowest BCUT2D eigenvalue weighted by Crippen LogP contribution is -2.23. The highest BCUT2D eigenvalue weighted by Crippen LogP contribution is 2.28. The molecule has 1 amide bonds. The van der Waals surface area contributed by atoms with Gasteiger partial charge in [0.1, 0.15) is 5.75 Å². The molecule has 0 radical (unpaired) electrons. The molecule has 0 saturated carbocycles. The third-order valence-electron chi connectivity index (χ3n) is 1.90. The molecule has 0 atom stereocenters. The Bertz CT molecular complexity index is 459. The first-order chi connectivity index (χ1) is 8.83. The molecule has 1 aromatic carbocycles. The summed E-state index contributed by atoms with van der Waals surface area (Å²) in [5.41, 5.74) is 6.37. The summed E-state index contributed by atoms with van der Waals surface area (Å²) >= 11 is 5.83. The van der Waals surface area contributed by atoms with Crippen molar-refractivity contribution in [3.8, 4) is 5.75 Å². The fourth-order valence-electron chi connectivity index (χ4n) is 1.17. The van der Waals surface area contributed by atoms with Crippen molar-refractivity contribution in [1.82, 2.24) is 5.32 Å². The topological polar surface area (TPSA) is 102 Å². The number of anilines is 1. The second-order valence-corrected chi connectivity index (χ2v) is 3.86. The number of carboxylic acid groups (broad SMARTS) is 1. The van der Waals surface area contributed by atoms with Crippen molar-refractivity contribution < 1.29 is 19.4 Å². The van der Waals surface area contributed by atoms with Crippen LogP contribution < -0.4 is 15.8 Å². The maximum atomic E-state index is 11.6. The molecule has 1 aromatic rings. The van der Waals surface area contributed by atoms with Gasteiger partial charge in [0.2, 0.25) is 0 Å². The lowest BCUT2D eigenvalue weighted by atomic mass is 10.1. The number of halogens is 1. The number of ether oxygens (including phenoxy) is 1. The molecule has 0 bridgehead atoms. The monoisotopic (exact) mass is 288 g/mol. The Kier molecular flexibility index (Phi) is 7.36. The van der Waals surface area contributed by atoms with E-state index in [4.69, 9.17) is 32.0 Å². The summed E-state index contributed by atoms with van der Waals surface area (Å²) in [4.78, 5) is 20.6. The van der Waals surface area contributed by atoms with Gasteiger partial charge in [-0.3, -0.25) is 9.59 Å². The molecule has 4 N–H and O–H groups in total. The molecule has 0 spiro atoms. The average Bonchev–Trinajstić information content (AvgIpc) is 2.31. The van der Waals surface area contributed by atoms with E-state index in [1.54, 1.807) is 0 Å². The van der Waals surface area contributed by atoms with Crippen LogP contribution in [0.5, 0.6) is 5.75 Å². The number of nitrogen functional groups attached to an aromatic ring is 1. The van der Waals surface area contributed by atoms with Gasteiger partial charge in [0.25, 0.3) is 11.9 Å². The van der Waals surface area contributed by atoms with Gasteiger partial charge in [0.05, 0.1) is 23.4 Å². The Hall–Kier alpha value is -1.95. The second kappa shape index (κ2) is 8.20. The van der Waals surface area contributed by atoms with Crippen molar-refractivity contribution in [3.63, 3.8) is 0 Å². The molecule has 106 valence electrons. The maximum Gasteiger partial charge on any atom is 0.300 e. The van der Waals surface area contributed by atoms with Crippen LogP contribution in [0.3, 0.4) is 0 Å². The van der Waals surface area contributed by atoms with Crippen LogP contribution >= 0.6 is 11.6 Å². The number of carbonyl (C=O) groups is 2. The molecule has 0 heterocycles. The van der Waals surface area contributed by atoms with Crippen LogP contribution in [0.2, 0.25) is 5.02 Å². The first kappa shape index (κ1) is 17.1. The highest BCUT2D eigenvalue weighted by molar-refractivity contribution is 6.33. The van der Waals surface area contributed by atoms with Gasteiger partial charge < -0.3 is 20.9 Å². The van der Waals surface area contributed by atoms with Crippen LogP contribution in [0.1, 0.15) is 24.2 Å². The van der Waals surface area contributed by atoms with Crippen LogP contribution in [0.4, 0.5) is 5.69 Å². The minimum Gasteiger partial charge on any atom is -0.496 e. The van der Waals surface area contributed by atoms with E-state index in [9.17, 15) is 4.79 Å². The molecule has 19 heavy (non-hydrogen) atoms. The Labute approximate surface area is 116 Å². The highest BCUT2D eigenvalue weighted by atomic mass is 35.5. The van der Waals surface area contributed by atoms with E-state index in [0.717, 1.165) is 6.92 Å². The molecule has 6 nitrogen and oxygen atoms in total. The van der Waals surface area contributed by atoms with E-state index in [-0.39, 0.29) is 5.91 Å². The Morgan fingerprint density at radius 2 is 2.00 bits per heavy atom. The average molecular weight is 289 g/mol. The molecule has 0 aromatic heterocycles. The van der Waals surface area contributed by atoms with E-state index >= 15 is 0 Å². The molecular weight excluding hydrogens is 272 g/mol. The molecule has 0 aliphatic rings. The van der Waals surface area contributed by atoms with Gasteiger partial charge in [-0.25, -0.2) is 0 Å². The van der Waals surface area contributed by atoms with Gasteiger partial charge in [0.15, 0.2) is 0 Å². The van der Waals surface area contributed by atoms with Gasteiger partial charge in [-0.15, -0.1) is 0 Å². The number of amides is 1. The van der Waals surface area contributed by atoms with Gasteiger partial charge in [-0.05, 0) is 13.0 Å². The van der Waals surface area contributed by atoms with Crippen LogP contribution in [-0.4, -0.2) is 30.6 Å². The van der Waals surface area contributed by atoms with Crippen LogP contribution in [-0.2, 0) is 4.79 Å². The second-order valence-electron chi connectivity index (χ2n) is 3.45. The standard InChI is InChI=1S/C10H13ClN2O2.C2H4O2/c1-3-13-10(14)6-4-7(11)8(12)5-9(6)15-2;1-2(3)4/h4-5H,3,12H2,1-2H3,(H,13,14);1H3,(H,3,4). The minimum atomic E-state index is -0.833. The summed E-state index contributed by atoms with van der Waals surface area (Å²) in [5.74, 6) is -0.640. The van der Waals surface area contributed by atoms with E-state index < -0.39 is 5.97 Å². The van der Waals surface area contributed by atoms with Gasteiger partial charge in [-0.1, -0.05) is 11.6 Å². The predicted octanol–water partition coefficient (Wildman–Crippen LogP) is 1.77. The molecule has 7 heteroatoms. The van der Waals surface area contributed by atoms with Crippen molar-refractivity contribution in [2.45, 2.75) is 13.8 Å². The minimum absolute atomic E-state index is 0.226. The molecule has 0 saturated heterocycles. The lowest BCUT2D eigenvalue weighted by molar-refractivity contribution is -0.134. The summed E-state index contributed by atoms with van der Waals surface area (Å²) in [6, 6.07) is 3.04. The fourth-order valence-corrected chi connectivity index (χ4v) is 1.33. The molecule has 0 aliphatic heterocycles. The van der Waals surface area contributed by atoms with Gasteiger partial charge in [0, 0.05) is 19.5 Å². The molecule has 0 unspecified atom stereocenters. The van der Waals surface area contributed by atoms with E-state index in [2.05, 4.69) is 5.32 Å². The zero-order valence-electron chi connectivity index (χ0n) is 11.0. The summed E-state index contributed by atoms with van der Waals surface area (Å²) in [7, 11) is 1.48. The Morgan fingerprint density at radius 1 is 1.47 bits per heavy atom. The van der Waals surface area contributed by atoms with Crippen LogP contribution in [0, 0.1) is 0 Å². The van der Waals surface area contributed by atoms with Gasteiger partial charge >= 0.3 is 0 Å². The quantitative estimate of drug-likeness (QED) is 0.736. The zero-order chi connectivity index (χ0) is 15.0. The summed E-state index contributed by atoms with van der Waals surface area (Å²) in [5, 5.41) is 10.4. The highest BCUT2D eigenvalue weighted by Gasteiger charge is 2.13. The smallest absolute Gasteiger partial charge is 0.300 e. The molecule has 0 fully saturated rings. The number of rotatable bonds is 3. The number of methoxy groups -OCH3 is 1. The number of benzene rings is 1. The predicted molar refractivity (Wildman–Crippen MR) is 73.7 cm³/mol. The van der Waals surface area contributed by atoms with Crippen molar-refractivity contribution >= 4 is 29.2 Å². The van der Waals surface area contributed by atoms with E-state index in [1.165, 1.54) is 19.2 Å². The number of hydrogen-bond acceptors (Lipinski definition) is 4. The fraction of sp³-hybridized carbons (Fsp3) is 0.333. The number of hydrogen-bond donors (Lipinski definition) is 3. The summed E-state index contributed by atoms with van der Waals surface area (Å²) in [6.45, 7) is 3.47. The Morgan fingerprint density at radius 3 is 2.42 bits per heavy atom. The Balaban J connectivity index is 0.000000711. The van der Waals surface area contributed by atoms with Crippen molar-refractivity contribution in [2.75, 3.05) is 19.4 Å². The van der Waals surface area contributed by atoms with Crippen molar-refractivity contribution in [2.24, 2.45) is 0 Å². The number of aliphatic carboxylic acids is 1. The van der Waals surface area contributed by atoms with Crippen molar-refractivity contribution in [3.05, 3.63) is 22.7 Å². The number of carbonyl (C=O) groups excluding carboxylic acids is 1. The molecule has 0 aliphatic carbocycles. The van der Waals surface area contributed by atoms with Crippen LogP contribution in [0.25, 0.3) is 0 Å². The van der Waals surface area contributed by atoms with E-state index in [0.29, 0.717) is 28.6 Å². The third-order valence-corrected chi connectivity index (χ3v) is 2.23. The first-order valence-electron chi connectivity index (χ1n) is 5.44.